The highest BCUT2D eigenvalue weighted by molar-refractivity contribution is 6.15. The van der Waals surface area contributed by atoms with Crippen molar-refractivity contribution >= 4 is 43.7 Å². The molecule has 0 spiro atoms. The third kappa shape index (κ3) is 5.21. The van der Waals surface area contributed by atoms with Crippen molar-refractivity contribution in [2.75, 3.05) is 0 Å². The van der Waals surface area contributed by atoms with Crippen LogP contribution in [0.5, 0.6) is 0 Å². The number of rotatable bonds is 6. The van der Waals surface area contributed by atoms with Crippen LogP contribution < -0.4 is 0 Å². The zero-order chi connectivity index (χ0) is 37.0. The summed E-state index contributed by atoms with van der Waals surface area (Å²) in [6.07, 6.45) is 1.88. The molecule has 0 bridgehead atoms. The van der Waals surface area contributed by atoms with Crippen LogP contribution in [0.15, 0.2) is 200 Å². The first kappa shape index (κ1) is 31.9. The second kappa shape index (κ2) is 13.0. The summed E-state index contributed by atoms with van der Waals surface area (Å²) in [6.45, 7) is 0. The highest BCUT2D eigenvalue weighted by Crippen LogP contribution is 2.40. The molecule has 0 aliphatic heterocycles. The van der Waals surface area contributed by atoms with Crippen molar-refractivity contribution in [1.29, 1.82) is 0 Å². The SMILES string of the molecule is c1ccc(-c2cc(-c3ccccc3)nc(-c3ccc(-n4c5ccc(-c6cccc7c8ccccc8n(-c8ccccc8)c67)cc5c5cccnc54)cc3)n2)cc1. The van der Waals surface area contributed by atoms with Crippen LogP contribution in [0.2, 0.25) is 0 Å². The molecule has 7 aromatic carbocycles. The van der Waals surface area contributed by atoms with Gasteiger partial charge in [-0.2, -0.15) is 0 Å². The predicted molar refractivity (Wildman–Crippen MR) is 230 cm³/mol. The minimum Gasteiger partial charge on any atom is -0.309 e. The molecule has 5 heteroatoms. The maximum Gasteiger partial charge on any atom is 0.160 e. The molecule has 262 valence electrons. The molecule has 0 saturated carbocycles. The molecule has 0 unspecified atom stereocenters. The standard InChI is InChI=1S/C51H33N5/c1-4-14-34(15-5-1)45-33-46(35-16-6-2-7-17-35)54-50(53-45)36-25-28-39(29-26-36)56-48-30-27-37(32-44(48)43-23-13-31-52-51(43)56)40-21-12-22-42-41-20-10-11-24-47(41)55(49(40)42)38-18-8-3-9-19-38/h1-33H. The molecule has 0 atom stereocenters. The largest absolute Gasteiger partial charge is 0.309 e. The number of aromatic nitrogens is 5. The first-order chi connectivity index (χ1) is 27.8. The summed E-state index contributed by atoms with van der Waals surface area (Å²) in [6, 6.07) is 68.2. The van der Waals surface area contributed by atoms with Crippen LogP contribution >= 0.6 is 0 Å². The third-order valence-electron chi connectivity index (χ3n) is 10.8. The maximum atomic E-state index is 5.06. The van der Waals surface area contributed by atoms with Gasteiger partial charge in [-0.15, -0.1) is 0 Å². The molecule has 11 aromatic rings. The molecule has 56 heavy (non-hydrogen) atoms. The number of hydrogen-bond acceptors (Lipinski definition) is 3. The van der Waals surface area contributed by atoms with Crippen LogP contribution in [0.3, 0.4) is 0 Å². The second-order valence-electron chi connectivity index (χ2n) is 14.1. The van der Waals surface area contributed by atoms with E-state index in [1.165, 1.54) is 27.4 Å². The maximum absolute atomic E-state index is 5.06. The average Bonchev–Trinajstić information content (AvgIpc) is 3.80. The molecule has 0 fully saturated rings. The number of benzene rings is 7. The lowest BCUT2D eigenvalue weighted by molar-refractivity contribution is 1.13. The molecule has 11 rings (SSSR count). The zero-order valence-corrected chi connectivity index (χ0v) is 30.3. The van der Waals surface area contributed by atoms with Crippen molar-refractivity contribution in [1.82, 2.24) is 24.1 Å². The van der Waals surface area contributed by atoms with Crippen molar-refractivity contribution < 1.29 is 0 Å². The monoisotopic (exact) mass is 715 g/mol. The number of fused-ring (bicyclic) bond motifs is 6. The summed E-state index contributed by atoms with van der Waals surface area (Å²) in [5, 5.41) is 4.74. The zero-order valence-electron chi connectivity index (χ0n) is 30.3. The summed E-state index contributed by atoms with van der Waals surface area (Å²) in [4.78, 5) is 15.1. The Hall–Kier alpha value is -7.63. The first-order valence-electron chi connectivity index (χ1n) is 18.9. The van der Waals surface area contributed by atoms with E-state index in [-0.39, 0.29) is 0 Å². The van der Waals surface area contributed by atoms with Crippen LogP contribution in [-0.2, 0) is 0 Å². The van der Waals surface area contributed by atoms with E-state index in [2.05, 4.69) is 161 Å². The number of hydrogen-bond donors (Lipinski definition) is 0. The van der Waals surface area contributed by atoms with Crippen molar-refractivity contribution in [2.45, 2.75) is 0 Å². The fraction of sp³-hybridized carbons (Fsp3) is 0. The lowest BCUT2D eigenvalue weighted by atomic mass is 10.00. The Morgan fingerprint density at radius 1 is 0.357 bits per heavy atom. The van der Waals surface area contributed by atoms with Crippen molar-refractivity contribution in [3.8, 4) is 56.4 Å². The fourth-order valence-corrected chi connectivity index (χ4v) is 8.22. The summed E-state index contributed by atoms with van der Waals surface area (Å²) in [5.74, 6) is 0.684. The molecular weight excluding hydrogens is 683 g/mol. The molecule has 0 N–H and O–H groups in total. The van der Waals surface area contributed by atoms with Gasteiger partial charge in [0.05, 0.1) is 27.9 Å². The Kier molecular flexibility index (Phi) is 7.42. The van der Waals surface area contributed by atoms with E-state index in [1.807, 2.05) is 48.7 Å². The van der Waals surface area contributed by atoms with Crippen LogP contribution in [-0.4, -0.2) is 24.1 Å². The Balaban J connectivity index is 1.05. The highest BCUT2D eigenvalue weighted by Gasteiger charge is 2.19. The van der Waals surface area contributed by atoms with Crippen LogP contribution in [0, 0.1) is 0 Å². The summed E-state index contributed by atoms with van der Waals surface area (Å²) in [7, 11) is 0. The Labute approximate surface area is 323 Å². The molecule has 0 amide bonds. The summed E-state index contributed by atoms with van der Waals surface area (Å²) < 4.78 is 4.66. The number of nitrogens with zero attached hydrogens (tertiary/aromatic N) is 5. The van der Waals surface area contributed by atoms with Gasteiger partial charge in [0.2, 0.25) is 0 Å². The van der Waals surface area contributed by atoms with Crippen molar-refractivity contribution in [3.63, 3.8) is 0 Å². The predicted octanol–water partition coefficient (Wildman–Crippen LogP) is 12.7. The molecule has 5 nitrogen and oxygen atoms in total. The van der Waals surface area contributed by atoms with Crippen molar-refractivity contribution in [2.24, 2.45) is 0 Å². The fourth-order valence-electron chi connectivity index (χ4n) is 8.22. The minimum absolute atomic E-state index is 0.684. The van der Waals surface area contributed by atoms with E-state index in [9.17, 15) is 0 Å². The lowest BCUT2D eigenvalue weighted by Crippen LogP contribution is -1.98. The highest BCUT2D eigenvalue weighted by atomic mass is 15.0. The van der Waals surface area contributed by atoms with Crippen LogP contribution in [0.4, 0.5) is 0 Å². The normalized spacial score (nSPS) is 11.6. The summed E-state index contributed by atoms with van der Waals surface area (Å²) >= 11 is 0. The van der Waals surface area contributed by atoms with Gasteiger partial charge in [-0.25, -0.2) is 15.0 Å². The minimum atomic E-state index is 0.684. The van der Waals surface area contributed by atoms with E-state index in [0.29, 0.717) is 5.82 Å². The smallest absolute Gasteiger partial charge is 0.160 e. The van der Waals surface area contributed by atoms with Gasteiger partial charge in [0.15, 0.2) is 5.82 Å². The molecule has 0 aliphatic rings. The molecular formula is C51H33N5. The van der Waals surface area contributed by atoms with Gasteiger partial charge in [0.1, 0.15) is 5.65 Å². The Morgan fingerprint density at radius 2 is 0.946 bits per heavy atom. The van der Waals surface area contributed by atoms with Crippen LogP contribution in [0.1, 0.15) is 0 Å². The van der Waals surface area contributed by atoms with Gasteiger partial charge >= 0.3 is 0 Å². The second-order valence-corrected chi connectivity index (χ2v) is 14.1. The van der Waals surface area contributed by atoms with Gasteiger partial charge in [-0.05, 0) is 78.4 Å². The van der Waals surface area contributed by atoms with Crippen molar-refractivity contribution in [3.05, 3.63) is 200 Å². The Bertz CT molecular complexity index is 3160. The summed E-state index contributed by atoms with van der Waals surface area (Å²) in [5.41, 5.74) is 13.7. The van der Waals surface area contributed by atoms with E-state index in [1.54, 1.807) is 0 Å². The third-order valence-corrected chi connectivity index (χ3v) is 10.8. The molecule has 0 radical (unpaired) electrons. The van der Waals surface area contributed by atoms with Gasteiger partial charge in [-0.1, -0.05) is 121 Å². The Morgan fingerprint density at radius 3 is 1.68 bits per heavy atom. The first-order valence-corrected chi connectivity index (χ1v) is 18.9. The average molecular weight is 716 g/mol. The van der Waals surface area contributed by atoms with E-state index < -0.39 is 0 Å². The quantitative estimate of drug-likeness (QED) is 0.172. The van der Waals surface area contributed by atoms with E-state index >= 15 is 0 Å². The molecule has 4 heterocycles. The van der Waals surface area contributed by atoms with Crippen LogP contribution in [0.25, 0.3) is 100 Å². The number of para-hydroxylation sites is 3. The van der Waals surface area contributed by atoms with E-state index in [0.717, 1.165) is 67.0 Å². The topological polar surface area (TPSA) is 48.5 Å². The van der Waals surface area contributed by atoms with Gasteiger partial charge < -0.3 is 4.57 Å². The molecule has 0 aliphatic carbocycles. The molecule has 4 aromatic heterocycles. The lowest BCUT2D eigenvalue weighted by Gasteiger charge is -2.12. The van der Waals surface area contributed by atoms with E-state index in [4.69, 9.17) is 15.0 Å². The number of pyridine rings is 1. The van der Waals surface area contributed by atoms with Gasteiger partial charge in [-0.3, -0.25) is 4.57 Å². The van der Waals surface area contributed by atoms with Gasteiger partial charge in [0, 0.05) is 61.4 Å². The molecule has 0 saturated heterocycles. The van der Waals surface area contributed by atoms with Gasteiger partial charge in [0.25, 0.3) is 0 Å².